The Morgan fingerprint density at radius 3 is 2.54 bits per heavy atom. The summed E-state index contributed by atoms with van der Waals surface area (Å²) in [7, 11) is 2.24. The van der Waals surface area contributed by atoms with Gasteiger partial charge in [-0.15, -0.1) is 0 Å². The fourth-order valence-electron chi connectivity index (χ4n) is 2.21. The molecule has 1 heterocycles. The van der Waals surface area contributed by atoms with E-state index < -0.39 is 0 Å². The molecule has 0 aromatic heterocycles. The van der Waals surface area contributed by atoms with Gasteiger partial charge in [0.05, 0.1) is 0 Å². The number of hydrogen-bond acceptors (Lipinski definition) is 2. The van der Waals surface area contributed by atoms with Gasteiger partial charge >= 0.3 is 0 Å². The van der Waals surface area contributed by atoms with E-state index in [9.17, 15) is 0 Å². The number of rotatable bonds is 4. The Kier molecular flexibility index (Phi) is 4.20. The average molecular weight is 184 g/mol. The molecule has 1 aliphatic heterocycles. The molecule has 0 bridgehead atoms. The lowest BCUT2D eigenvalue weighted by atomic mass is 9.97. The summed E-state index contributed by atoms with van der Waals surface area (Å²) in [6.45, 7) is 11.8. The Labute approximate surface area is 82.7 Å². The zero-order valence-corrected chi connectivity index (χ0v) is 9.51. The summed E-state index contributed by atoms with van der Waals surface area (Å²) in [5.74, 6) is 2.51. The number of hydrogen-bond donors (Lipinski definition) is 1. The maximum atomic E-state index is 3.45. The minimum Gasteiger partial charge on any atom is -0.316 e. The second-order valence-corrected chi connectivity index (χ2v) is 5.01. The zero-order chi connectivity index (χ0) is 9.84. The van der Waals surface area contributed by atoms with Crippen LogP contribution < -0.4 is 5.32 Å². The van der Waals surface area contributed by atoms with Gasteiger partial charge in [0.15, 0.2) is 0 Å². The van der Waals surface area contributed by atoms with Gasteiger partial charge in [0.2, 0.25) is 0 Å². The highest BCUT2D eigenvalue weighted by atomic mass is 15.1. The van der Waals surface area contributed by atoms with Gasteiger partial charge in [-0.3, -0.25) is 0 Å². The molecule has 1 saturated heterocycles. The van der Waals surface area contributed by atoms with E-state index in [1.54, 1.807) is 0 Å². The predicted molar refractivity (Wildman–Crippen MR) is 57.9 cm³/mol. The number of nitrogens with zero attached hydrogens (tertiary/aromatic N) is 1. The molecule has 0 aromatic carbocycles. The van der Waals surface area contributed by atoms with Crippen LogP contribution in [0.2, 0.25) is 0 Å². The van der Waals surface area contributed by atoms with Gasteiger partial charge in [-0.25, -0.2) is 0 Å². The zero-order valence-electron chi connectivity index (χ0n) is 9.51. The SMILES string of the molecule is CC(C)CN(C)CC1CNCC1C. The molecular weight excluding hydrogens is 160 g/mol. The van der Waals surface area contributed by atoms with Crippen LogP contribution in [0.3, 0.4) is 0 Å². The first-order valence-electron chi connectivity index (χ1n) is 5.49. The van der Waals surface area contributed by atoms with Crippen molar-refractivity contribution in [3.05, 3.63) is 0 Å². The first-order valence-corrected chi connectivity index (χ1v) is 5.49. The summed E-state index contributed by atoms with van der Waals surface area (Å²) < 4.78 is 0. The largest absolute Gasteiger partial charge is 0.316 e. The molecule has 2 atom stereocenters. The van der Waals surface area contributed by atoms with Gasteiger partial charge in [-0.05, 0) is 37.9 Å². The second kappa shape index (κ2) is 4.97. The van der Waals surface area contributed by atoms with E-state index in [0.29, 0.717) is 0 Å². The van der Waals surface area contributed by atoms with Crippen LogP contribution >= 0.6 is 0 Å². The fourth-order valence-corrected chi connectivity index (χ4v) is 2.21. The van der Waals surface area contributed by atoms with Crippen molar-refractivity contribution in [2.45, 2.75) is 20.8 Å². The van der Waals surface area contributed by atoms with E-state index in [-0.39, 0.29) is 0 Å². The highest BCUT2D eigenvalue weighted by Crippen LogP contribution is 2.16. The Bertz CT molecular complexity index is 145. The minimum absolute atomic E-state index is 0.787. The van der Waals surface area contributed by atoms with E-state index in [1.807, 2.05) is 0 Å². The van der Waals surface area contributed by atoms with Gasteiger partial charge < -0.3 is 10.2 Å². The molecular formula is C11H24N2. The quantitative estimate of drug-likeness (QED) is 0.711. The van der Waals surface area contributed by atoms with Gasteiger partial charge in [-0.1, -0.05) is 20.8 Å². The number of nitrogens with one attached hydrogen (secondary N) is 1. The average Bonchev–Trinajstić information content (AvgIpc) is 2.34. The second-order valence-electron chi connectivity index (χ2n) is 5.01. The maximum Gasteiger partial charge on any atom is 0.00219 e. The topological polar surface area (TPSA) is 15.3 Å². The van der Waals surface area contributed by atoms with E-state index >= 15 is 0 Å². The molecule has 0 aliphatic carbocycles. The van der Waals surface area contributed by atoms with Crippen LogP contribution in [0.1, 0.15) is 20.8 Å². The smallest absolute Gasteiger partial charge is 0.00219 e. The van der Waals surface area contributed by atoms with Gasteiger partial charge in [0.25, 0.3) is 0 Å². The standard InChI is InChI=1S/C11H24N2/c1-9(2)7-13(4)8-11-6-12-5-10(11)3/h9-12H,5-8H2,1-4H3. The molecule has 2 unspecified atom stereocenters. The molecule has 2 nitrogen and oxygen atoms in total. The third kappa shape index (κ3) is 3.65. The highest BCUT2D eigenvalue weighted by Gasteiger charge is 2.23. The minimum atomic E-state index is 0.787. The summed E-state index contributed by atoms with van der Waals surface area (Å²) in [4.78, 5) is 2.47. The van der Waals surface area contributed by atoms with Crippen molar-refractivity contribution in [3.63, 3.8) is 0 Å². The molecule has 2 heteroatoms. The van der Waals surface area contributed by atoms with Crippen LogP contribution in [0, 0.1) is 17.8 Å². The van der Waals surface area contributed by atoms with Crippen molar-refractivity contribution in [3.8, 4) is 0 Å². The molecule has 78 valence electrons. The van der Waals surface area contributed by atoms with Crippen molar-refractivity contribution in [1.82, 2.24) is 10.2 Å². The lowest BCUT2D eigenvalue weighted by Crippen LogP contribution is -2.31. The first-order chi connectivity index (χ1) is 6.09. The fraction of sp³-hybridized carbons (Fsp3) is 1.00. The summed E-state index contributed by atoms with van der Waals surface area (Å²) >= 11 is 0. The van der Waals surface area contributed by atoms with Crippen LogP contribution in [0.4, 0.5) is 0 Å². The molecule has 0 aromatic rings. The molecule has 0 radical (unpaired) electrons. The van der Waals surface area contributed by atoms with Crippen molar-refractivity contribution in [1.29, 1.82) is 0 Å². The third-order valence-corrected chi connectivity index (χ3v) is 2.90. The molecule has 0 saturated carbocycles. The van der Waals surface area contributed by atoms with Crippen molar-refractivity contribution >= 4 is 0 Å². The molecule has 1 aliphatic rings. The Balaban J connectivity index is 2.22. The van der Waals surface area contributed by atoms with E-state index in [1.165, 1.54) is 26.2 Å². The highest BCUT2D eigenvalue weighted by molar-refractivity contribution is 4.79. The summed E-state index contributed by atoms with van der Waals surface area (Å²) in [6.07, 6.45) is 0. The van der Waals surface area contributed by atoms with Crippen LogP contribution in [0.25, 0.3) is 0 Å². The van der Waals surface area contributed by atoms with Gasteiger partial charge in [0.1, 0.15) is 0 Å². The summed E-state index contributed by atoms with van der Waals surface area (Å²) in [5.41, 5.74) is 0. The molecule has 0 spiro atoms. The van der Waals surface area contributed by atoms with Crippen LogP contribution in [0.15, 0.2) is 0 Å². The molecule has 0 amide bonds. The maximum absolute atomic E-state index is 3.45. The lowest BCUT2D eigenvalue weighted by Gasteiger charge is -2.24. The van der Waals surface area contributed by atoms with Crippen molar-refractivity contribution in [2.75, 3.05) is 33.2 Å². The molecule has 13 heavy (non-hydrogen) atoms. The Morgan fingerprint density at radius 2 is 2.08 bits per heavy atom. The van der Waals surface area contributed by atoms with E-state index in [0.717, 1.165) is 17.8 Å². The predicted octanol–water partition coefficient (Wildman–Crippen LogP) is 1.43. The summed E-state index contributed by atoms with van der Waals surface area (Å²) in [5, 5.41) is 3.45. The Morgan fingerprint density at radius 1 is 1.38 bits per heavy atom. The first kappa shape index (κ1) is 11.0. The molecule has 1 N–H and O–H groups in total. The lowest BCUT2D eigenvalue weighted by molar-refractivity contribution is 0.237. The van der Waals surface area contributed by atoms with E-state index in [2.05, 4.69) is 38.0 Å². The monoisotopic (exact) mass is 184 g/mol. The van der Waals surface area contributed by atoms with Crippen LogP contribution in [-0.4, -0.2) is 38.1 Å². The van der Waals surface area contributed by atoms with Crippen LogP contribution in [0.5, 0.6) is 0 Å². The van der Waals surface area contributed by atoms with Crippen molar-refractivity contribution < 1.29 is 0 Å². The molecule has 1 fully saturated rings. The normalized spacial score (nSPS) is 29.1. The molecule has 1 rings (SSSR count). The van der Waals surface area contributed by atoms with Gasteiger partial charge in [-0.2, -0.15) is 0 Å². The third-order valence-electron chi connectivity index (χ3n) is 2.90. The summed E-state index contributed by atoms with van der Waals surface area (Å²) in [6, 6.07) is 0. The van der Waals surface area contributed by atoms with E-state index in [4.69, 9.17) is 0 Å². The van der Waals surface area contributed by atoms with Gasteiger partial charge in [0, 0.05) is 13.1 Å². The van der Waals surface area contributed by atoms with Crippen LogP contribution in [-0.2, 0) is 0 Å². The Hall–Kier alpha value is -0.0800. The van der Waals surface area contributed by atoms with Crippen molar-refractivity contribution in [2.24, 2.45) is 17.8 Å².